The van der Waals surface area contributed by atoms with Crippen molar-refractivity contribution in [2.24, 2.45) is 0 Å². The Labute approximate surface area is 108 Å². The SMILES string of the molecule is COC1C(=O)CC1Oc1cc(C)c([N+](=O)[O-])cc1F. The van der Waals surface area contributed by atoms with Crippen LogP contribution >= 0.6 is 0 Å². The standard InChI is InChI=1S/C12H12FNO5/c1-6-3-10(7(13)4-8(6)14(16)17)19-11-5-9(15)12(11)18-2/h3-4,11-12H,5H2,1-2H3. The molecule has 7 heteroatoms. The van der Waals surface area contributed by atoms with Gasteiger partial charge >= 0.3 is 0 Å². The summed E-state index contributed by atoms with van der Waals surface area (Å²) in [6, 6.07) is 2.07. The number of halogens is 1. The molecule has 0 heterocycles. The van der Waals surface area contributed by atoms with Gasteiger partial charge in [0.1, 0.15) is 6.10 Å². The molecule has 6 nitrogen and oxygen atoms in total. The molecule has 0 radical (unpaired) electrons. The summed E-state index contributed by atoms with van der Waals surface area (Å²) in [6.45, 7) is 1.49. The second kappa shape index (κ2) is 4.93. The Balaban J connectivity index is 2.20. The van der Waals surface area contributed by atoms with E-state index in [2.05, 4.69) is 0 Å². The largest absolute Gasteiger partial charge is 0.484 e. The molecule has 1 saturated carbocycles. The van der Waals surface area contributed by atoms with Crippen molar-refractivity contribution in [3.05, 3.63) is 33.6 Å². The minimum absolute atomic E-state index is 0.105. The van der Waals surface area contributed by atoms with Crippen molar-refractivity contribution < 1.29 is 23.6 Å². The van der Waals surface area contributed by atoms with Gasteiger partial charge in [-0.05, 0) is 13.0 Å². The number of ketones is 1. The number of hydrogen-bond donors (Lipinski definition) is 0. The molecule has 1 aliphatic carbocycles. The van der Waals surface area contributed by atoms with E-state index in [1.54, 1.807) is 0 Å². The first kappa shape index (κ1) is 13.4. The lowest BCUT2D eigenvalue weighted by Gasteiger charge is -2.33. The Hall–Kier alpha value is -2.02. The fraction of sp³-hybridized carbons (Fsp3) is 0.417. The number of benzene rings is 1. The molecule has 2 rings (SSSR count). The van der Waals surface area contributed by atoms with Gasteiger partial charge in [-0.1, -0.05) is 0 Å². The third-order valence-corrected chi connectivity index (χ3v) is 3.04. The number of carbonyl (C=O) groups excluding carboxylic acids is 1. The van der Waals surface area contributed by atoms with Crippen LogP contribution in [0.25, 0.3) is 0 Å². The van der Waals surface area contributed by atoms with E-state index in [-0.39, 0.29) is 23.6 Å². The zero-order valence-electron chi connectivity index (χ0n) is 10.4. The van der Waals surface area contributed by atoms with Gasteiger partial charge < -0.3 is 9.47 Å². The zero-order chi connectivity index (χ0) is 14.2. The number of Topliss-reactive ketones (excluding diaryl/α,β-unsaturated/α-hetero) is 1. The Bertz CT molecular complexity index is 545. The maximum absolute atomic E-state index is 13.7. The highest BCUT2D eigenvalue weighted by molar-refractivity contribution is 5.90. The molecule has 1 fully saturated rings. The van der Waals surface area contributed by atoms with E-state index < -0.39 is 22.9 Å². The first-order valence-corrected chi connectivity index (χ1v) is 5.60. The predicted octanol–water partition coefficient (Wildman–Crippen LogP) is 1.78. The normalized spacial score (nSPS) is 21.9. The summed E-state index contributed by atoms with van der Waals surface area (Å²) < 4.78 is 23.9. The molecule has 0 aliphatic heterocycles. The van der Waals surface area contributed by atoms with Crippen molar-refractivity contribution in [1.29, 1.82) is 0 Å². The lowest BCUT2D eigenvalue weighted by atomic mass is 9.90. The average Bonchev–Trinajstić information content (AvgIpc) is 2.32. The van der Waals surface area contributed by atoms with Gasteiger partial charge in [0.2, 0.25) is 0 Å². The number of nitrogens with zero attached hydrogens (tertiary/aromatic N) is 1. The molecule has 1 aromatic rings. The van der Waals surface area contributed by atoms with Crippen LogP contribution in [0, 0.1) is 22.9 Å². The Morgan fingerprint density at radius 1 is 1.47 bits per heavy atom. The van der Waals surface area contributed by atoms with E-state index in [0.717, 1.165) is 6.07 Å². The number of nitro benzene ring substituents is 1. The summed E-state index contributed by atoms with van der Waals surface area (Å²) >= 11 is 0. The number of carbonyl (C=O) groups is 1. The van der Waals surface area contributed by atoms with Crippen molar-refractivity contribution in [2.45, 2.75) is 25.6 Å². The van der Waals surface area contributed by atoms with Crippen LogP contribution in [0.5, 0.6) is 5.75 Å². The third kappa shape index (κ3) is 2.41. The Kier molecular flexibility index (Phi) is 3.48. The van der Waals surface area contributed by atoms with Crippen molar-refractivity contribution >= 4 is 11.5 Å². The van der Waals surface area contributed by atoms with Gasteiger partial charge in [0.05, 0.1) is 11.0 Å². The van der Waals surface area contributed by atoms with E-state index in [1.165, 1.54) is 20.1 Å². The van der Waals surface area contributed by atoms with Crippen LogP contribution in [0.15, 0.2) is 12.1 Å². The van der Waals surface area contributed by atoms with Crippen LogP contribution in [0.1, 0.15) is 12.0 Å². The highest BCUT2D eigenvalue weighted by atomic mass is 19.1. The fourth-order valence-electron chi connectivity index (χ4n) is 1.95. The summed E-state index contributed by atoms with van der Waals surface area (Å²) in [5.41, 5.74) is -0.0150. The molecule has 102 valence electrons. The second-order valence-electron chi connectivity index (χ2n) is 4.31. The molecule has 0 amide bonds. The number of ether oxygens (including phenoxy) is 2. The topological polar surface area (TPSA) is 78.7 Å². The highest BCUT2D eigenvalue weighted by Crippen LogP contribution is 2.31. The van der Waals surface area contributed by atoms with Gasteiger partial charge in [-0.3, -0.25) is 14.9 Å². The van der Waals surface area contributed by atoms with Crippen LogP contribution in [0.4, 0.5) is 10.1 Å². The van der Waals surface area contributed by atoms with Crippen LogP contribution < -0.4 is 4.74 Å². The monoisotopic (exact) mass is 269 g/mol. The Morgan fingerprint density at radius 2 is 2.16 bits per heavy atom. The van der Waals surface area contributed by atoms with Gasteiger partial charge in [-0.2, -0.15) is 0 Å². The van der Waals surface area contributed by atoms with Crippen molar-refractivity contribution in [2.75, 3.05) is 7.11 Å². The second-order valence-corrected chi connectivity index (χ2v) is 4.31. The predicted molar refractivity (Wildman–Crippen MR) is 62.6 cm³/mol. The quantitative estimate of drug-likeness (QED) is 0.615. The van der Waals surface area contributed by atoms with E-state index in [0.29, 0.717) is 5.56 Å². The van der Waals surface area contributed by atoms with Gasteiger partial charge in [0.15, 0.2) is 23.5 Å². The molecular formula is C12H12FNO5. The Morgan fingerprint density at radius 3 is 2.68 bits per heavy atom. The van der Waals surface area contributed by atoms with E-state index in [4.69, 9.17) is 9.47 Å². The van der Waals surface area contributed by atoms with Gasteiger partial charge in [0.25, 0.3) is 5.69 Å². The van der Waals surface area contributed by atoms with Crippen LogP contribution in [-0.2, 0) is 9.53 Å². The molecule has 1 aliphatic rings. The first-order chi connectivity index (χ1) is 8.93. The maximum atomic E-state index is 13.7. The van der Waals surface area contributed by atoms with E-state index in [9.17, 15) is 19.3 Å². The lowest BCUT2D eigenvalue weighted by molar-refractivity contribution is -0.385. The molecule has 0 bridgehead atoms. The number of rotatable bonds is 4. The number of aryl methyl sites for hydroxylation is 1. The van der Waals surface area contributed by atoms with Crippen LogP contribution in [-0.4, -0.2) is 30.0 Å². The highest BCUT2D eigenvalue weighted by Gasteiger charge is 2.42. The smallest absolute Gasteiger partial charge is 0.275 e. The molecule has 0 spiro atoms. The molecule has 2 atom stereocenters. The fourth-order valence-corrected chi connectivity index (χ4v) is 1.95. The number of methoxy groups -OCH3 is 1. The third-order valence-electron chi connectivity index (χ3n) is 3.04. The zero-order valence-corrected chi connectivity index (χ0v) is 10.4. The van der Waals surface area contributed by atoms with Crippen LogP contribution in [0.3, 0.4) is 0 Å². The molecular weight excluding hydrogens is 257 g/mol. The first-order valence-electron chi connectivity index (χ1n) is 5.60. The van der Waals surface area contributed by atoms with Crippen molar-refractivity contribution in [1.82, 2.24) is 0 Å². The van der Waals surface area contributed by atoms with E-state index in [1.807, 2.05) is 0 Å². The van der Waals surface area contributed by atoms with Gasteiger partial charge in [-0.25, -0.2) is 4.39 Å². The molecule has 0 N–H and O–H groups in total. The van der Waals surface area contributed by atoms with Crippen molar-refractivity contribution in [3.8, 4) is 5.75 Å². The lowest BCUT2D eigenvalue weighted by Crippen LogP contribution is -2.51. The maximum Gasteiger partial charge on any atom is 0.275 e. The summed E-state index contributed by atoms with van der Waals surface area (Å²) in [4.78, 5) is 21.2. The molecule has 0 aromatic heterocycles. The summed E-state index contributed by atoms with van der Waals surface area (Å²) in [5.74, 6) is -1.04. The minimum Gasteiger partial charge on any atom is -0.484 e. The van der Waals surface area contributed by atoms with Crippen molar-refractivity contribution in [3.63, 3.8) is 0 Å². The number of hydrogen-bond acceptors (Lipinski definition) is 5. The average molecular weight is 269 g/mol. The summed E-state index contributed by atoms with van der Waals surface area (Å²) in [6.07, 6.45) is -1.10. The number of nitro groups is 1. The summed E-state index contributed by atoms with van der Waals surface area (Å²) in [5, 5.41) is 10.6. The van der Waals surface area contributed by atoms with Gasteiger partial charge in [0, 0.05) is 19.1 Å². The van der Waals surface area contributed by atoms with Gasteiger partial charge in [-0.15, -0.1) is 0 Å². The molecule has 2 unspecified atom stereocenters. The summed E-state index contributed by atoms with van der Waals surface area (Å²) in [7, 11) is 1.37. The minimum atomic E-state index is -0.827. The van der Waals surface area contributed by atoms with Crippen LogP contribution in [0.2, 0.25) is 0 Å². The molecule has 19 heavy (non-hydrogen) atoms. The molecule has 0 saturated heterocycles. The van der Waals surface area contributed by atoms with E-state index >= 15 is 0 Å². The molecule has 1 aromatic carbocycles.